The molecule has 0 heterocycles. The summed E-state index contributed by atoms with van der Waals surface area (Å²) in [6.45, 7) is 0. The summed E-state index contributed by atoms with van der Waals surface area (Å²) in [5.41, 5.74) is 0.157. The van der Waals surface area contributed by atoms with Crippen LogP contribution in [0.3, 0.4) is 0 Å². The third-order valence-corrected chi connectivity index (χ3v) is 2.65. The normalized spacial score (nSPS) is 8.42. The van der Waals surface area contributed by atoms with Crippen molar-refractivity contribution in [3.63, 3.8) is 0 Å². The van der Waals surface area contributed by atoms with E-state index in [2.05, 4.69) is 0 Å². The molecule has 0 aliphatic rings. The molecule has 0 aliphatic heterocycles. The smallest absolute Gasteiger partial charge is 0.127 e. The quantitative estimate of drug-likeness (QED) is 0.617. The van der Waals surface area contributed by atoms with Crippen molar-refractivity contribution in [1.82, 2.24) is 0 Å². The first kappa shape index (κ1) is 25.4. The van der Waals surface area contributed by atoms with E-state index in [1.807, 2.05) is 0 Å². The fourth-order valence-corrected chi connectivity index (χ4v) is 1.63. The largest absolute Gasteiger partial charge is 0.545 e. The third kappa shape index (κ3) is 7.84. The Balaban J connectivity index is 0. The number of benzene rings is 2. The first-order chi connectivity index (χ1) is 10.5. The van der Waals surface area contributed by atoms with Gasteiger partial charge in [-0.05, 0) is 24.3 Å². The molecule has 2 aromatic rings. The van der Waals surface area contributed by atoms with E-state index in [1.54, 1.807) is 36.4 Å². The summed E-state index contributed by atoms with van der Waals surface area (Å²) in [4.78, 5) is 20.8. The van der Waals surface area contributed by atoms with Gasteiger partial charge in [0.15, 0.2) is 0 Å². The number of para-hydroxylation sites is 2. The molecule has 0 amide bonds. The van der Waals surface area contributed by atoms with Crippen LogP contribution in [0.5, 0.6) is 11.5 Å². The molecule has 6 nitrogen and oxygen atoms in total. The maximum Gasteiger partial charge on any atom is 0.127 e. The summed E-state index contributed by atoms with van der Waals surface area (Å²) in [6, 6.07) is 12.7. The van der Waals surface area contributed by atoms with E-state index in [1.165, 1.54) is 26.4 Å². The minimum absolute atomic E-state index is 0. The summed E-state index contributed by atoms with van der Waals surface area (Å²) < 4.78 is 9.57. The Morgan fingerprint density at radius 1 is 0.708 bits per heavy atom. The van der Waals surface area contributed by atoms with Gasteiger partial charge >= 0.3 is 0 Å². The zero-order chi connectivity index (χ0) is 16.5. The maximum absolute atomic E-state index is 10.4. The van der Waals surface area contributed by atoms with E-state index in [-0.39, 0.29) is 76.5 Å². The summed E-state index contributed by atoms with van der Waals surface area (Å²) in [5.74, 6) is -1.79. The number of aromatic carboxylic acids is 2. The van der Waals surface area contributed by atoms with Crippen molar-refractivity contribution in [1.29, 1.82) is 0 Å². The van der Waals surface area contributed by atoms with E-state index >= 15 is 0 Å². The number of carbonyl (C=O) groups is 2. The fourth-order valence-electron chi connectivity index (χ4n) is 1.63. The molecule has 2 rings (SSSR count). The standard InChI is InChI=1S/2C8H8O3.2Y/c2*1-11-7-5-3-2-4-6(7)8(9)10;;/h2*2-5H,1H3,(H,9,10);;/p-2. The second-order valence-electron chi connectivity index (χ2n) is 3.98. The molecule has 122 valence electrons. The van der Waals surface area contributed by atoms with Gasteiger partial charge in [0.1, 0.15) is 11.5 Å². The number of hydrogen-bond donors (Lipinski definition) is 0. The van der Waals surface area contributed by atoms with Gasteiger partial charge in [-0.2, -0.15) is 0 Å². The average molecular weight is 480 g/mol. The van der Waals surface area contributed by atoms with Crippen LogP contribution in [-0.4, -0.2) is 26.2 Å². The van der Waals surface area contributed by atoms with Crippen molar-refractivity contribution >= 4 is 11.9 Å². The monoisotopic (exact) mass is 480 g/mol. The molecule has 0 spiro atoms. The van der Waals surface area contributed by atoms with Crippen LogP contribution in [0.15, 0.2) is 48.5 Å². The summed E-state index contributed by atoms with van der Waals surface area (Å²) in [5, 5.41) is 20.8. The topological polar surface area (TPSA) is 98.7 Å². The third-order valence-electron chi connectivity index (χ3n) is 2.65. The molecule has 0 atom stereocenters. The Labute approximate surface area is 190 Å². The minimum Gasteiger partial charge on any atom is -0.545 e. The van der Waals surface area contributed by atoms with Gasteiger partial charge in [-0.25, -0.2) is 0 Å². The zero-order valence-corrected chi connectivity index (χ0v) is 18.9. The SMILES string of the molecule is COc1ccccc1C(=O)[O-].COc1ccccc1C(=O)[O-].[Y].[Y]. The van der Waals surface area contributed by atoms with Crippen LogP contribution in [0, 0.1) is 0 Å². The van der Waals surface area contributed by atoms with Crippen LogP contribution < -0.4 is 19.7 Å². The molecule has 0 saturated carbocycles. The van der Waals surface area contributed by atoms with Gasteiger partial charge in [-0.1, -0.05) is 24.3 Å². The van der Waals surface area contributed by atoms with Gasteiger partial charge in [0, 0.05) is 76.5 Å². The van der Waals surface area contributed by atoms with Gasteiger partial charge in [0.2, 0.25) is 0 Å². The number of methoxy groups -OCH3 is 2. The number of hydrogen-bond acceptors (Lipinski definition) is 6. The number of rotatable bonds is 4. The van der Waals surface area contributed by atoms with Crippen molar-refractivity contribution in [2.75, 3.05) is 14.2 Å². The van der Waals surface area contributed by atoms with E-state index in [4.69, 9.17) is 9.47 Å². The van der Waals surface area contributed by atoms with Crippen molar-refractivity contribution < 1.29 is 94.7 Å². The Morgan fingerprint density at radius 2 is 1.00 bits per heavy atom. The number of ether oxygens (including phenoxy) is 2. The molecular weight excluding hydrogens is 466 g/mol. The number of carboxylic acid groups (broad SMARTS) is 2. The second kappa shape index (κ2) is 13.5. The van der Waals surface area contributed by atoms with Gasteiger partial charge in [-0.3, -0.25) is 0 Å². The molecule has 0 aliphatic carbocycles. The summed E-state index contributed by atoms with van der Waals surface area (Å²) in [6.07, 6.45) is 0. The van der Waals surface area contributed by atoms with Crippen molar-refractivity contribution in [3.8, 4) is 11.5 Å². The second-order valence-corrected chi connectivity index (χ2v) is 3.98. The first-order valence-corrected chi connectivity index (χ1v) is 6.20. The average Bonchev–Trinajstić information content (AvgIpc) is 2.55. The number of carboxylic acids is 2. The van der Waals surface area contributed by atoms with Crippen LogP contribution in [0.2, 0.25) is 0 Å². The molecule has 8 heteroatoms. The summed E-state index contributed by atoms with van der Waals surface area (Å²) in [7, 11) is 2.84. The fraction of sp³-hybridized carbons (Fsp3) is 0.125. The van der Waals surface area contributed by atoms with Gasteiger partial charge in [0.05, 0.1) is 26.2 Å². The van der Waals surface area contributed by atoms with Crippen molar-refractivity contribution in [2.24, 2.45) is 0 Å². The molecule has 0 unspecified atom stereocenters. The van der Waals surface area contributed by atoms with Crippen LogP contribution in [0.1, 0.15) is 20.7 Å². The van der Waals surface area contributed by atoms with Crippen LogP contribution in [0.25, 0.3) is 0 Å². The molecule has 2 aromatic carbocycles. The Morgan fingerprint density at radius 3 is 1.21 bits per heavy atom. The minimum atomic E-state index is -1.22. The molecule has 0 fully saturated rings. The number of carbonyl (C=O) groups excluding carboxylic acids is 2. The Bertz CT molecular complexity index is 603. The predicted molar refractivity (Wildman–Crippen MR) is 74.6 cm³/mol. The van der Waals surface area contributed by atoms with Crippen molar-refractivity contribution in [2.45, 2.75) is 0 Å². The van der Waals surface area contributed by atoms with Gasteiger partial charge in [-0.15, -0.1) is 0 Å². The van der Waals surface area contributed by atoms with E-state index < -0.39 is 11.9 Å². The molecule has 0 aromatic heterocycles. The van der Waals surface area contributed by atoms with Crippen LogP contribution >= 0.6 is 0 Å². The van der Waals surface area contributed by atoms with E-state index in [0.29, 0.717) is 11.5 Å². The summed E-state index contributed by atoms with van der Waals surface area (Å²) >= 11 is 0. The molecule has 2 radical (unpaired) electrons. The molecule has 0 bridgehead atoms. The zero-order valence-electron chi connectivity index (χ0n) is 13.2. The Kier molecular flexibility index (Phi) is 14.3. The van der Waals surface area contributed by atoms with E-state index in [0.717, 1.165) is 0 Å². The first-order valence-electron chi connectivity index (χ1n) is 6.20. The van der Waals surface area contributed by atoms with Crippen LogP contribution in [0.4, 0.5) is 0 Å². The molecule has 0 N–H and O–H groups in total. The molecular formula is C16H14O6Y2-2. The van der Waals surface area contributed by atoms with Gasteiger partial charge < -0.3 is 29.3 Å². The van der Waals surface area contributed by atoms with Crippen LogP contribution in [-0.2, 0) is 65.4 Å². The van der Waals surface area contributed by atoms with Gasteiger partial charge in [0.25, 0.3) is 0 Å². The molecule has 24 heavy (non-hydrogen) atoms. The predicted octanol–water partition coefficient (Wildman–Crippen LogP) is 0.112. The molecule has 0 saturated heterocycles. The maximum atomic E-state index is 10.4. The van der Waals surface area contributed by atoms with E-state index in [9.17, 15) is 19.8 Å². The Hall–Kier alpha value is -0.812. The van der Waals surface area contributed by atoms with Crippen molar-refractivity contribution in [3.05, 3.63) is 59.7 Å².